The molecule has 0 aliphatic heterocycles. The quantitative estimate of drug-likeness (QED) is 0.684. The van der Waals surface area contributed by atoms with Gasteiger partial charge in [-0.3, -0.25) is 9.54 Å². The van der Waals surface area contributed by atoms with Gasteiger partial charge in [-0.2, -0.15) is 8.42 Å². The average molecular weight is 213 g/mol. The molecule has 0 atom stereocenters. The third-order valence-electron chi connectivity index (χ3n) is 1.87. The highest BCUT2D eigenvalue weighted by molar-refractivity contribution is 7.85. The molecule has 6 nitrogen and oxygen atoms in total. The molecule has 0 radical (unpaired) electrons. The van der Waals surface area contributed by atoms with E-state index in [-0.39, 0.29) is 5.16 Å². The first kappa shape index (κ1) is 9.10. The Balaban J connectivity index is 2.89. The number of hydrogen-bond donors (Lipinski definition) is 1. The first-order valence-electron chi connectivity index (χ1n) is 3.74. The number of aromatic nitrogens is 3. The van der Waals surface area contributed by atoms with Gasteiger partial charge in [0.05, 0.1) is 11.7 Å². The summed E-state index contributed by atoms with van der Waals surface area (Å²) < 4.78 is 31.9. The van der Waals surface area contributed by atoms with Gasteiger partial charge in [-0.05, 0) is 6.07 Å². The largest absolute Gasteiger partial charge is 0.328 e. The topological polar surface area (TPSA) is 85.1 Å². The van der Waals surface area contributed by atoms with Crippen molar-refractivity contribution in [3.05, 3.63) is 18.5 Å². The van der Waals surface area contributed by atoms with Crippen LogP contribution in [0, 0.1) is 0 Å². The monoisotopic (exact) mass is 213 g/mol. The Kier molecular flexibility index (Phi) is 1.79. The number of aryl methyl sites for hydroxylation is 1. The molecule has 0 aliphatic carbocycles. The zero-order chi connectivity index (χ0) is 10.3. The molecule has 2 aromatic rings. The fraction of sp³-hybridized carbons (Fsp3) is 0.143. The van der Waals surface area contributed by atoms with Crippen LogP contribution in [0.1, 0.15) is 0 Å². The van der Waals surface area contributed by atoms with Gasteiger partial charge in [-0.15, -0.1) is 0 Å². The highest BCUT2D eigenvalue weighted by Gasteiger charge is 2.18. The summed E-state index contributed by atoms with van der Waals surface area (Å²) in [4.78, 5) is 7.54. The Morgan fingerprint density at radius 1 is 1.50 bits per heavy atom. The SMILES string of the molecule is Cn1c(S(=O)(=O)O)nc2cnccc21. The maximum Gasteiger partial charge on any atom is 0.328 e. The molecule has 0 amide bonds. The molecule has 7 heteroatoms. The summed E-state index contributed by atoms with van der Waals surface area (Å²) in [7, 11) is -2.76. The second kappa shape index (κ2) is 2.76. The minimum absolute atomic E-state index is 0.375. The second-order valence-electron chi connectivity index (χ2n) is 2.79. The maximum absolute atomic E-state index is 10.9. The molecule has 74 valence electrons. The van der Waals surface area contributed by atoms with Crippen LogP contribution in [0.5, 0.6) is 0 Å². The van der Waals surface area contributed by atoms with Crippen molar-refractivity contribution in [2.24, 2.45) is 7.05 Å². The smallest absolute Gasteiger partial charge is 0.316 e. The molecule has 0 aromatic carbocycles. The Morgan fingerprint density at radius 2 is 2.21 bits per heavy atom. The van der Waals surface area contributed by atoms with Crippen LogP contribution in [0.3, 0.4) is 0 Å². The minimum Gasteiger partial charge on any atom is -0.316 e. The molecule has 1 N–H and O–H groups in total. The molecule has 0 bridgehead atoms. The molecule has 0 aliphatic rings. The van der Waals surface area contributed by atoms with Crippen molar-refractivity contribution in [3.8, 4) is 0 Å². The van der Waals surface area contributed by atoms with Crippen molar-refractivity contribution in [1.29, 1.82) is 0 Å². The fourth-order valence-corrected chi connectivity index (χ4v) is 1.92. The maximum atomic E-state index is 10.9. The Bertz CT molecular complexity index is 587. The fourth-order valence-electron chi connectivity index (χ4n) is 1.26. The van der Waals surface area contributed by atoms with E-state index in [0.29, 0.717) is 11.0 Å². The Hall–Kier alpha value is -1.47. The van der Waals surface area contributed by atoms with Crippen molar-refractivity contribution in [2.45, 2.75) is 5.16 Å². The molecule has 2 heterocycles. The van der Waals surface area contributed by atoms with Gasteiger partial charge in [-0.25, -0.2) is 4.98 Å². The Labute approximate surface area is 80.0 Å². The van der Waals surface area contributed by atoms with E-state index in [4.69, 9.17) is 4.55 Å². The van der Waals surface area contributed by atoms with Crippen molar-refractivity contribution in [3.63, 3.8) is 0 Å². The summed E-state index contributed by atoms with van der Waals surface area (Å²) in [5.41, 5.74) is 1.04. The number of imidazole rings is 1. The number of fused-ring (bicyclic) bond motifs is 1. The van der Waals surface area contributed by atoms with Crippen LogP contribution in [0.25, 0.3) is 11.0 Å². The molecule has 0 saturated heterocycles. The summed E-state index contributed by atoms with van der Waals surface area (Å²) in [6.45, 7) is 0. The normalized spacial score (nSPS) is 12.1. The van der Waals surface area contributed by atoms with Gasteiger partial charge < -0.3 is 4.57 Å². The van der Waals surface area contributed by atoms with E-state index in [0.717, 1.165) is 0 Å². The molecule has 0 fully saturated rings. The number of pyridine rings is 1. The standard InChI is InChI=1S/C7H7N3O3S/c1-10-6-2-3-8-4-5(6)9-7(10)14(11,12)13/h2-4H,1H3,(H,11,12,13). The highest BCUT2D eigenvalue weighted by Crippen LogP contribution is 2.15. The molecule has 0 unspecified atom stereocenters. The van der Waals surface area contributed by atoms with Gasteiger partial charge in [0.25, 0.3) is 5.16 Å². The van der Waals surface area contributed by atoms with Crippen molar-refractivity contribution < 1.29 is 13.0 Å². The average Bonchev–Trinajstić information content (AvgIpc) is 2.44. The molecule has 2 aromatic heterocycles. The van der Waals surface area contributed by atoms with Crippen molar-refractivity contribution in [2.75, 3.05) is 0 Å². The lowest BCUT2D eigenvalue weighted by Gasteiger charge is -1.96. The lowest BCUT2D eigenvalue weighted by molar-refractivity contribution is 0.470. The van der Waals surface area contributed by atoms with Gasteiger partial charge in [0.15, 0.2) is 0 Å². The predicted molar refractivity (Wildman–Crippen MR) is 48.3 cm³/mol. The summed E-state index contributed by atoms with van der Waals surface area (Å²) in [5, 5.41) is -0.375. The zero-order valence-electron chi connectivity index (χ0n) is 7.25. The van der Waals surface area contributed by atoms with Crippen LogP contribution >= 0.6 is 0 Å². The van der Waals surface area contributed by atoms with Crippen LogP contribution in [0.2, 0.25) is 0 Å². The molecule has 0 spiro atoms. The summed E-state index contributed by atoms with van der Waals surface area (Å²) >= 11 is 0. The van der Waals surface area contributed by atoms with Crippen LogP contribution < -0.4 is 0 Å². The number of nitrogens with zero attached hydrogens (tertiary/aromatic N) is 3. The van der Waals surface area contributed by atoms with Crippen molar-refractivity contribution in [1.82, 2.24) is 14.5 Å². The summed E-state index contributed by atoms with van der Waals surface area (Å²) in [6, 6.07) is 1.62. The third-order valence-corrected chi connectivity index (χ3v) is 2.70. The van der Waals surface area contributed by atoms with Gasteiger partial charge in [0.1, 0.15) is 5.52 Å². The van der Waals surface area contributed by atoms with Crippen molar-refractivity contribution >= 4 is 21.2 Å². The van der Waals surface area contributed by atoms with Gasteiger partial charge in [0.2, 0.25) is 0 Å². The lowest BCUT2D eigenvalue weighted by atomic mass is 10.4. The van der Waals surface area contributed by atoms with Crippen LogP contribution in [0.15, 0.2) is 23.6 Å². The van der Waals surface area contributed by atoms with Crippen LogP contribution in [-0.2, 0) is 17.2 Å². The molecule has 14 heavy (non-hydrogen) atoms. The van der Waals surface area contributed by atoms with Gasteiger partial charge >= 0.3 is 10.1 Å². The van der Waals surface area contributed by atoms with E-state index < -0.39 is 10.1 Å². The number of rotatable bonds is 1. The van der Waals surface area contributed by atoms with E-state index in [1.165, 1.54) is 24.0 Å². The minimum atomic E-state index is -4.27. The van der Waals surface area contributed by atoms with Gasteiger partial charge in [0, 0.05) is 13.2 Å². The first-order valence-corrected chi connectivity index (χ1v) is 5.18. The predicted octanol–water partition coefficient (Wildman–Crippen LogP) is 0.215. The summed E-state index contributed by atoms with van der Waals surface area (Å²) in [5.74, 6) is 0. The van der Waals surface area contributed by atoms with E-state index in [1.54, 1.807) is 6.07 Å². The molecule has 2 rings (SSSR count). The van der Waals surface area contributed by atoms with Crippen LogP contribution in [-0.4, -0.2) is 27.5 Å². The Morgan fingerprint density at radius 3 is 2.79 bits per heavy atom. The van der Waals surface area contributed by atoms with Gasteiger partial charge in [-0.1, -0.05) is 0 Å². The summed E-state index contributed by atoms with van der Waals surface area (Å²) in [6.07, 6.45) is 2.96. The first-order chi connectivity index (χ1) is 6.50. The third kappa shape index (κ3) is 1.26. The second-order valence-corrected chi connectivity index (χ2v) is 4.11. The zero-order valence-corrected chi connectivity index (χ0v) is 8.06. The molecule has 0 saturated carbocycles. The highest BCUT2D eigenvalue weighted by atomic mass is 32.2. The molecular formula is C7H7N3O3S. The van der Waals surface area contributed by atoms with E-state index in [2.05, 4.69) is 9.97 Å². The van der Waals surface area contributed by atoms with E-state index in [1.807, 2.05) is 0 Å². The van der Waals surface area contributed by atoms with Crippen LogP contribution in [0.4, 0.5) is 0 Å². The van der Waals surface area contributed by atoms with E-state index in [9.17, 15) is 8.42 Å². The number of hydrogen-bond acceptors (Lipinski definition) is 4. The molecular weight excluding hydrogens is 206 g/mol. The van der Waals surface area contributed by atoms with E-state index >= 15 is 0 Å². The lowest BCUT2D eigenvalue weighted by Crippen LogP contribution is -2.06.